The van der Waals surface area contributed by atoms with Gasteiger partial charge in [-0.1, -0.05) is 13.8 Å². The fourth-order valence-electron chi connectivity index (χ4n) is 1.41. The fourth-order valence-corrected chi connectivity index (χ4v) is 3.67. The molecule has 0 aliphatic carbocycles. The van der Waals surface area contributed by atoms with Gasteiger partial charge in [-0.2, -0.15) is 0 Å². The van der Waals surface area contributed by atoms with E-state index in [1.807, 2.05) is 13.8 Å². The number of hydrogen-bond donors (Lipinski definition) is 2. The number of rotatable bonds is 5. The van der Waals surface area contributed by atoms with E-state index >= 15 is 0 Å². The molecule has 1 rings (SSSR count). The minimum atomic E-state index is -3.72. The van der Waals surface area contributed by atoms with Gasteiger partial charge < -0.3 is 5.11 Å². The molecule has 0 heterocycles. The lowest BCUT2D eigenvalue weighted by Gasteiger charge is -2.12. The summed E-state index contributed by atoms with van der Waals surface area (Å²) in [5.41, 5.74) is 0.510. The number of benzene rings is 1. The number of aromatic carboxylic acids is 1. The number of carbonyl (C=O) groups is 1. The number of halogens is 1. The highest BCUT2D eigenvalue weighted by Gasteiger charge is 2.21. The highest BCUT2D eigenvalue weighted by atomic mass is 79.9. The van der Waals surface area contributed by atoms with Gasteiger partial charge in [-0.15, -0.1) is 0 Å². The number of nitrogens with one attached hydrogen (secondary N) is 1. The minimum absolute atomic E-state index is 0.0504. The van der Waals surface area contributed by atoms with Gasteiger partial charge in [0, 0.05) is 11.0 Å². The molecular weight excluding hydrogens is 334 g/mol. The highest BCUT2D eigenvalue weighted by Crippen LogP contribution is 2.27. The Morgan fingerprint density at radius 1 is 1.42 bits per heavy atom. The normalized spacial score (nSPS) is 11.8. The van der Waals surface area contributed by atoms with Crippen molar-refractivity contribution in [3.8, 4) is 0 Å². The zero-order chi connectivity index (χ0) is 14.8. The fraction of sp³-hybridized carbons (Fsp3) is 0.417. The van der Waals surface area contributed by atoms with Gasteiger partial charge in [-0.25, -0.2) is 17.9 Å². The van der Waals surface area contributed by atoms with E-state index in [1.165, 1.54) is 6.07 Å². The average molecular weight is 350 g/mol. The Bertz CT molecular complexity index is 596. The van der Waals surface area contributed by atoms with Crippen molar-refractivity contribution < 1.29 is 18.3 Å². The van der Waals surface area contributed by atoms with Crippen LogP contribution in [0, 0.1) is 12.8 Å². The van der Waals surface area contributed by atoms with Crippen LogP contribution in [-0.4, -0.2) is 26.0 Å². The molecule has 0 fully saturated rings. The van der Waals surface area contributed by atoms with Crippen molar-refractivity contribution in [2.45, 2.75) is 25.7 Å². The maximum atomic E-state index is 12.2. The third-order valence-electron chi connectivity index (χ3n) is 2.44. The lowest BCUT2D eigenvalue weighted by Crippen LogP contribution is -2.28. The van der Waals surface area contributed by atoms with Gasteiger partial charge in [0.2, 0.25) is 10.0 Å². The Kier molecular flexibility index (Phi) is 5.11. The first-order chi connectivity index (χ1) is 8.65. The summed E-state index contributed by atoms with van der Waals surface area (Å²) in [6.45, 7) is 5.72. The van der Waals surface area contributed by atoms with Gasteiger partial charge in [0.15, 0.2) is 0 Å². The Hall–Kier alpha value is -0.920. The number of hydrogen-bond acceptors (Lipinski definition) is 3. The first-order valence-electron chi connectivity index (χ1n) is 5.68. The largest absolute Gasteiger partial charge is 0.478 e. The lowest BCUT2D eigenvalue weighted by atomic mass is 10.1. The summed E-state index contributed by atoms with van der Waals surface area (Å²) in [6.07, 6.45) is 0. The van der Waals surface area contributed by atoms with Crippen molar-refractivity contribution in [2.24, 2.45) is 5.92 Å². The molecule has 0 aromatic heterocycles. The summed E-state index contributed by atoms with van der Waals surface area (Å²) < 4.78 is 27.1. The molecule has 5 nitrogen and oxygen atoms in total. The van der Waals surface area contributed by atoms with Gasteiger partial charge in [0.05, 0.1) is 10.5 Å². The van der Waals surface area contributed by atoms with Crippen LogP contribution in [0.25, 0.3) is 0 Å². The molecule has 7 heteroatoms. The SMILES string of the molecule is Cc1cc(C(=O)O)cc(S(=O)(=O)NCC(C)C)c1Br. The summed E-state index contributed by atoms with van der Waals surface area (Å²) in [5, 5.41) is 8.98. The molecule has 0 aliphatic heterocycles. The van der Waals surface area contributed by atoms with Gasteiger partial charge in [-0.3, -0.25) is 0 Å². The van der Waals surface area contributed by atoms with E-state index in [4.69, 9.17) is 5.11 Å². The lowest BCUT2D eigenvalue weighted by molar-refractivity contribution is 0.0696. The van der Waals surface area contributed by atoms with Crippen molar-refractivity contribution in [3.63, 3.8) is 0 Å². The van der Waals surface area contributed by atoms with E-state index in [-0.39, 0.29) is 16.4 Å². The average Bonchev–Trinajstić information content (AvgIpc) is 2.29. The first kappa shape index (κ1) is 16.1. The van der Waals surface area contributed by atoms with Crippen LogP contribution in [-0.2, 0) is 10.0 Å². The second-order valence-electron chi connectivity index (χ2n) is 4.66. The summed E-state index contributed by atoms with van der Waals surface area (Å²) >= 11 is 3.19. The van der Waals surface area contributed by atoms with Crippen LogP contribution in [0.3, 0.4) is 0 Å². The summed E-state index contributed by atoms with van der Waals surface area (Å²) in [4.78, 5) is 10.9. The molecule has 0 aliphatic rings. The molecule has 0 amide bonds. The van der Waals surface area contributed by atoms with Crippen LogP contribution in [0.1, 0.15) is 29.8 Å². The molecular formula is C12H16BrNO4S. The van der Waals surface area contributed by atoms with Crippen molar-refractivity contribution in [2.75, 3.05) is 6.54 Å². The first-order valence-corrected chi connectivity index (χ1v) is 7.96. The van der Waals surface area contributed by atoms with Crippen molar-refractivity contribution in [1.29, 1.82) is 0 Å². The van der Waals surface area contributed by atoms with Crippen molar-refractivity contribution >= 4 is 31.9 Å². The molecule has 0 radical (unpaired) electrons. The zero-order valence-corrected chi connectivity index (χ0v) is 13.3. The molecule has 106 valence electrons. The Balaban J connectivity index is 3.29. The molecule has 0 bridgehead atoms. The van der Waals surface area contributed by atoms with Crippen molar-refractivity contribution in [3.05, 3.63) is 27.7 Å². The van der Waals surface area contributed by atoms with Gasteiger partial charge >= 0.3 is 5.97 Å². The number of sulfonamides is 1. The predicted octanol–water partition coefficient (Wildman–Crippen LogP) is 2.39. The van der Waals surface area contributed by atoms with E-state index in [2.05, 4.69) is 20.7 Å². The molecule has 2 N–H and O–H groups in total. The molecule has 19 heavy (non-hydrogen) atoms. The molecule has 0 saturated carbocycles. The maximum absolute atomic E-state index is 12.2. The summed E-state index contributed by atoms with van der Waals surface area (Å²) in [6, 6.07) is 2.58. The van der Waals surface area contributed by atoms with Gasteiger partial charge in [0.25, 0.3) is 0 Å². The second kappa shape index (κ2) is 6.02. The number of aryl methyl sites for hydroxylation is 1. The van der Waals surface area contributed by atoms with Crippen LogP contribution < -0.4 is 4.72 Å². The second-order valence-corrected chi connectivity index (χ2v) is 7.18. The minimum Gasteiger partial charge on any atom is -0.478 e. The molecule has 0 saturated heterocycles. The molecule has 1 aromatic rings. The molecule has 0 spiro atoms. The Labute approximate surface area is 121 Å². The quantitative estimate of drug-likeness (QED) is 0.854. The van der Waals surface area contributed by atoms with E-state index in [1.54, 1.807) is 6.92 Å². The summed E-state index contributed by atoms with van der Waals surface area (Å²) in [5.74, 6) is -0.992. The highest BCUT2D eigenvalue weighted by molar-refractivity contribution is 9.10. The monoisotopic (exact) mass is 349 g/mol. The third kappa shape index (κ3) is 4.02. The molecule has 0 unspecified atom stereocenters. The number of carboxylic acid groups (broad SMARTS) is 1. The Morgan fingerprint density at radius 2 is 2.00 bits per heavy atom. The Morgan fingerprint density at radius 3 is 2.47 bits per heavy atom. The van der Waals surface area contributed by atoms with E-state index in [0.717, 1.165) is 6.07 Å². The van der Waals surface area contributed by atoms with Crippen LogP contribution >= 0.6 is 15.9 Å². The van der Waals surface area contributed by atoms with E-state index < -0.39 is 16.0 Å². The van der Waals surface area contributed by atoms with Crippen LogP contribution in [0.2, 0.25) is 0 Å². The number of carboxylic acids is 1. The maximum Gasteiger partial charge on any atom is 0.335 e. The van der Waals surface area contributed by atoms with Crippen molar-refractivity contribution in [1.82, 2.24) is 4.72 Å². The van der Waals surface area contributed by atoms with E-state index in [9.17, 15) is 13.2 Å². The van der Waals surface area contributed by atoms with Crippen LogP contribution in [0.4, 0.5) is 0 Å². The predicted molar refractivity (Wildman–Crippen MR) is 75.9 cm³/mol. The smallest absolute Gasteiger partial charge is 0.335 e. The topological polar surface area (TPSA) is 83.5 Å². The standard InChI is InChI=1S/C12H16BrNO4S/c1-7(2)6-14-19(17,18)10-5-9(12(15)16)4-8(3)11(10)13/h4-5,7,14H,6H2,1-3H3,(H,15,16). The third-order valence-corrected chi connectivity index (χ3v) is 5.20. The molecule has 1 aromatic carbocycles. The van der Waals surface area contributed by atoms with E-state index in [0.29, 0.717) is 16.6 Å². The zero-order valence-electron chi connectivity index (χ0n) is 10.9. The van der Waals surface area contributed by atoms with Gasteiger partial charge in [-0.05, 0) is 46.5 Å². The van der Waals surface area contributed by atoms with Crippen LogP contribution in [0.15, 0.2) is 21.5 Å². The summed E-state index contributed by atoms with van der Waals surface area (Å²) in [7, 11) is -3.72. The molecule has 0 atom stereocenters. The van der Waals surface area contributed by atoms with Crippen LogP contribution in [0.5, 0.6) is 0 Å². The van der Waals surface area contributed by atoms with Gasteiger partial charge in [0.1, 0.15) is 0 Å².